The summed E-state index contributed by atoms with van der Waals surface area (Å²) >= 11 is 0. The monoisotopic (exact) mass is 722 g/mol. The SMILES string of the molecule is CCOC(=O)[C@H]1CC[C@@H](c2ccc(C(=O)N[C@@H]3C[C@H](N(C)C(C)C)CC[C@@H]3N3CC[C@H](Nc4ncnc5ccc(C(F)(F)F)cc45)C3=O)cc2)CC1. The van der Waals surface area contributed by atoms with Crippen molar-refractivity contribution in [2.24, 2.45) is 5.92 Å². The first-order valence-corrected chi connectivity index (χ1v) is 18.5. The molecule has 2 N–H and O–H groups in total. The fourth-order valence-electron chi connectivity index (χ4n) is 8.21. The summed E-state index contributed by atoms with van der Waals surface area (Å²) in [5, 5.41) is 6.60. The number of amides is 2. The zero-order valence-electron chi connectivity index (χ0n) is 30.3. The summed E-state index contributed by atoms with van der Waals surface area (Å²) in [7, 11) is 2.09. The molecule has 52 heavy (non-hydrogen) atoms. The molecule has 2 aromatic carbocycles. The molecule has 2 amide bonds. The third-order valence-electron chi connectivity index (χ3n) is 11.4. The molecule has 0 radical (unpaired) electrons. The van der Waals surface area contributed by atoms with E-state index in [-0.39, 0.29) is 53.0 Å². The van der Waals surface area contributed by atoms with Crippen LogP contribution in [0.3, 0.4) is 0 Å². The quantitative estimate of drug-likeness (QED) is 0.226. The van der Waals surface area contributed by atoms with Crippen molar-refractivity contribution in [3.63, 3.8) is 0 Å². The van der Waals surface area contributed by atoms with E-state index in [9.17, 15) is 27.6 Å². The largest absolute Gasteiger partial charge is 0.466 e. The highest BCUT2D eigenvalue weighted by atomic mass is 19.4. The van der Waals surface area contributed by atoms with Gasteiger partial charge in [0.1, 0.15) is 18.2 Å². The number of likely N-dealkylation sites (tertiary alicyclic amines) is 1. The minimum Gasteiger partial charge on any atom is -0.466 e. The van der Waals surface area contributed by atoms with E-state index in [1.54, 1.807) is 0 Å². The molecule has 2 aliphatic carbocycles. The van der Waals surface area contributed by atoms with Gasteiger partial charge in [0, 0.05) is 29.6 Å². The predicted octanol–water partition coefficient (Wildman–Crippen LogP) is 6.56. The lowest BCUT2D eigenvalue weighted by Gasteiger charge is -2.44. The number of ether oxygens (including phenoxy) is 1. The van der Waals surface area contributed by atoms with Crippen molar-refractivity contribution >= 4 is 34.5 Å². The van der Waals surface area contributed by atoms with Gasteiger partial charge in [0.25, 0.3) is 5.91 Å². The van der Waals surface area contributed by atoms with E-state index in [2.05, 4.69) is 46.4 Å². The number of anilines is 1. The minimum atomic E-state index is -4.53. The van der Waals surface area contributed by atoms with Gasteiger partial charge in [-0.05, 0) is 121 Å². The number of nitrogens with zero attached hydrogens (tertiary/aromatic N) is 4. The van der Waals surface area contributed by atoms with Gasteiger partial charge in [-0.25, -0.2) is 9.97 Å². The summed E-state index contributed by atoms with van der Waals surface area (Å²) in [6, 6.07) is 10.3. The average Bonchev–Trinajstić information content (AvgIpc) is 3.49. The lowest BCUT2D eigenvalue weighted by atomic mass is 9.78. The van der Waals surface area contributed by atoms with Crippen molar-refractivity contribution in [2.75, 3.05) is 25.5 Å². The molecule has 3 aliphatic rings. The van der Waals surface area contributed by atoms with Crippen molar-refractivity contribution in [3.8, 4) is 0 Å². The summed E-state index contributed by atoms with van der Waals surface area (Å²) in [5.41, 5.74) is 1.23. The van der Waals surface area contributed by atoms with E-state index in [0.29, 0.717) is 55.5 Å². The summed E-state index contributed by atoms with van der Waals surface area (Å²) < 4.78 is 45.7. The van der Waals surface area contributed by atoms with Gasteiger partial charge >= 0.3 is 12.1 Å². The number of aromatic nitrogens is 2. The molecule has 3 aromatic rings. The Labute approximate surface area is 302 Å². The van der Waals surface area contributed by atoms with Gasteiger partial charge in [-0.3, -0.25) is 14.4 Å². The molecule has 13 heteroatoms. The lowest BCUT2D eigenvalue weighted by molar-refractivity contribution is -0.149. The Bertz CT molecular complexity index is 1740. The fraction of sp³-hybridized carbons (Fsp3) is 0.564. The van der Waals surface area contributed by atoms with E-state index in [4.69, 9.17) is 4.74 Å². The number of hydrogen-bond donors (Lipinski definition) is 2. The van der Waals surface area contributed by atoms with Crippen LogP contribution in [0.15, 0.2) is 48.8 Å². The van der Waals surface area contributed by atoms with Crippen LogP contribution < -0.4 is 10.6 Å². The molecule has 2 saturated carbocycles. The highest BCUT2D eigenvalue weighted by Crippen LogP contribution is 2.37. The number of carbonyl (C=O) groups is 3. The Hall–Kier alpha value is -4.26. The first-order valence-electron chi connectivity index (χ1n) is 18.5. The van der Waals surface area contributed by atoms with Crippen LogP contribution in [-0.4, -0.2) is 88.0 Å². The molecule has 1 aromatic heterocycles. The van der Waals surface area contributed by atoms with Crippen LogP contribution in [-0.2, 0) is 20.5 Å². The van der Waals surface area contributed by atoms with Crippen LogP contribution in [0.5, 0.6) is 0 Å². The number of alkyl halides is 3. The zero-order chi connectivity index (χ0) is 37.2. The van der Waals surface area contributed by atoms with Gasteiger partial charge in [0.05, 0.1) is 35.7 Å². The summed E-state index contributed by atoms with van der Waals surface area (Å²) in [6.45, 7) is 6.94. The molecule has 10 nitrogen and oxygen atoms in total. The minimum absolute atomic E-state index is 0.0459. The Morgan fingerprint density at radius 1 is 1.00 bits per heavy atom. The molecule has 280 valence electrons. The molecule has 2 heterocycles. The predicted molar refractivity (Wildman–Crippen MR) is 192 cm³/mol. The summed E-state index contributed by atoms with van der Waals surface area (Å²) in [5.74, 6) is -0.0158. The van der Waals surface area contributed by atoms with Crippen LogP contribution >= 0.6 is 0 Å². The Morgan fingerprint density at radius 2 is 1.73 bits per heavy atom. The second-order valence-electron chi connectivity index (χ2n) is 14.8. The number of hydrogen-bond acceptors (Lipinski definition) is 8. The van der Waals surface area contributed by atoms with Gasteiger partial charge in [-0.15, -0.1) is 0 Å². The van der Waals surface area contributed by atoms with E-state index < -0.39 is 17.8 Å². The van der Waals surface area contributed by atoms with Crippen LogP contribution in [0.2, 0.25) is 0 Å². The van der Waals surface area contributed by atoms with Gasteiger partial charge in [-0.1, -0.05) is 12.1 Å². The average molecular weight is 723 g/mol. The maximum atomic E-state index is 14.0. The molecular weight excluding hydrogens is 673 g/mol. The summed E-state index contributed by atoms with van der Waals surface area (Å²) in [4.78, 5) is 52.4. The number of esters is 1. The van der Waals surface area contributed by atoms with E-state index in [1.807, 2.05) is 36.1 Å². The van der Waals surface area contributed by atoms with Gasteiger partial charge in [-0.2, -0.15) is 13.2 Å². The number of carbonyl (C=O) groups excluding carboxylic acids is 3. The van der Waals surface area contributed by atoms with Gasteiger partial charge in [0.2, 0.25) is 5.91 Å². The zero-order valence-corrected chi connectivity index (χ0v) is 30.3. The molecule has 0 bridgehead atoms. The van der Waals surface area contributed by atoms with Crippen molar-refractivity contribution in [1.82, 2.24) is 25.1 Å². The Morgan fingerprint density at radius 3 is 2.40 bits per heavy atom. The molecule has 4 atom stereocenters. The first kappa shape index (κ1) is 37.5. The van der Waals surface area contributed by atoms with E-state index in [1.165, 1.54) is 12.4 Å². The number of rotatable bonds is 10. The third kappa shape index (κ3) is 8.19. The van der Waals surface area contributed by atoms with E-state index in [0.717, 1.165) is 49.8 Å². The number of nitrogens with one attached hydrogen (secondary N) is 2. The van der Waals surface area contributed by atoms with Crippen LogP contribution in [0.4, 0.5) is 19.0 Å². The normalized spacial score (nSPS) is 25.5. The fourth-order valence-corrected chi connectivity index (χ4v) is 8.21. The van der Waals surface area contributed by atoms with Crippen LogP contribution in [0.1, 0.15) is 99.5 Å². The molecule has 6 rings (SSSR count). The van der Waals surface area contributed by atoms with Crippen molar-refractivity contribution in [1.29, 1.82) is 0 Å². The standard InChI is InChI=1S/C39H49F3N6O4/c1-5-52-38(51)27-12-8-25(9-13-27)24-6-10-26(11-7-24)36(49)46-33-21-29(47(4)23(2)3)15-17-34(33)48-19-18-32(37(48)50)45-35-30-20-28(39(40,41)42)14-16-31(30)43-22-44-35/h6-7,10-11,14,16,20,22-23,25,27,29,32-34H,5,8-9,12-13,15,17-19,21H2,1-4H3,(H,46,49)(H,43,44,45)/t25-,27+,29-,32+,33-,34+/m1/s1. The van der Waals surface area contributed by atoms with Crippen molar-refractivity contribution in [3.05, 3.63) is 65.5 Å². The van der Waals surface area contributed by atoms with Gasteiger partial charge < -0.3 is 25.2 Å². The van der Waals surface area contributed by atoms with Crippen LogP contribution in [0.25, 0.3) is 10.9 Å². The number of benzene rings is 2. The first-order chi connectivity index (χ1) is 24.8. The highest BCUT2D eigenvalue weighted by molar-refractivity contribution is 5.95. The molecule has 3 fully saturated rings. The van der Waals surface area contributed by atoms with Crippen LogP contribution in [0, 0.1) is 5.92 Å². The second-order valence-corrected chi connectivity index (χ2v) is 14.8. The Balaban J connectivity index is 1.15. The van der Waals surface area contributed by atoms with Crippen molar-refractivity contribution in [2.45, 2.75) is 114 Å². The van der Waals surface area contributed by atoms with Crippen molar-refractivity contribution < 1.29 is 32.3 Å². The molecule has 0 spiro atoms. The lowest BCUT2D eigenvalue weighted by Crippen LogP contribution is -2.58. The highest BCUT2D eigenvalue weighted by Gasteiger charge is 2.43. The smallest absolute Gasteiger partial charge is 0.416 e. The summed E-state index contributed by atoms with van der Waals surface area (Å²) in [6.07, 6.45) is 2.79. The number of fused-ring (bicyclic) bond motifs is 1. The topological polar surface area (TPSA) is 117 Å². The number of halogens is 3. The molecular formula is C39H49F3N6O4. The maximum Gasteiger partial charge on any atom is 0.416 e. The maximum absolute atomic E-state index is 14.0. The third-order valence-corrected chi connectivity index (χ3v) is 11.4. The molecule has 0 unspecified atom stereocenters. The van der Waals surface area contributed by atoms with E-state index >= 15 is 0 Å². The van der Waals surface area contributed by atoms with Gasteiger partial charge in [0.15, 0.2) is 0 Å². The Kier molecular flexibility index (Phi) is 11.4. The second kappa shape index (κ2) is 15.8. The molecule has 1 saturated heterocycles. The molecule has 1 aliphatic heterocycles.